The zero-order chi connectivity index (χ0) is 25.5. The van der Waals surface area contributed by atoms with Gasteiger partial charge >= 0.3 is 0 Å². The first-order valence-electron chi connectivity index (χ1n) is 12.4. The molecule has 190 valence electrons. The van der Waals surface area contributed by atoms with E-state index in [-0.39, 0.29) is 11.9 Å². The van der Waals surface area contributed by atoms with Gasteiger partial charge in [0, 0.05) is 18.5 Å². The average molecular weight is 491 g/mol. The van der Waals surface area contributed by atoms with Crippen LogP contribution in [0.2, 0.25) is 0 Å². The number of nitrogens with zero attached hydrogens (tertiary/aromatic N) is 2. The molecule has 36 heavy (non-hydrogen) atoms. The number of rotatable bonds is 11. The average Bonchev–Trinajstić information content (AvgIpc) is 3.24. The summed E-state index contributed by atoms with van der Waals surface area (Å²) in [4.78, 5) is 19.6. The number of hydrogen-bond acceptors (Lipinski definition) is 6. The number of fused-ring (bicyclic) bond motifs is 2. The third kappa shape index (κ3) is 5.73. The molecule has 0 saturated carbocycles. The minimum absolute atomic E-state index is 0.0754. The molecule has 0 N–H and O–H groups in total. The Balaban J connectivity index is 1.31. The van der Waals surface area contributed by atoms with Crippen LogP contribution in [-0.2, 0) is 0 Å². The van der Waals surface area contributed by atoms with E-state index in [4.69, 9.17) is 18.9 Å². The number of unbranched alkanes of at least 4 members (excludes halogenated alkanes) is 2. The summed E-state index contributed by atoms with van der Waals surface area (Å²) in [6.07, 6.45) is 11.2. The molecule has 0 aliphatic carbocycles. The van der Waals surface area contributed by atoms with Crippen LogP contribution in [0.4, 0.5) is 5.69 Å². The molecule has 2 aromatic carbocycles. The van der Waals surface area contributed by atoms with E-state index in [1.165, 1.54) is 0 Å². The predicted octanol–water partition coefficient (Wildman–Crippen LogP) is 6.03. The lowest BCUT2D eigenvalue weighted by Crippen LogP contribution is -2.32. The summed E-state index contributed by atoms with van der Waals surface area (Å²) >= 11 is 0. The fourth-order valence-electron chi connectivity index (χ4n) is 4.37. The molecule has 0 saturated heterocycles. The molecule has 0 bridgehead atoms. The topological polar surface area (TPSA) is 69.6 Å². The molecule has 0 radical (unpaired) electrons. The number of aliphatic imine (C=N–C) groups is 1. The van der Waals surface area contributed by atoms with Crippen molar-refractivity contribution < 1.29 is 23.7 Å². The Morgan fingerprint density at radius 3 is 2.42 bits per heavy atom. The first kappa shape index (κ1) is 25.4. The van der Waals surface area contributed by atoms with Gasteiger partial charge in [0.1, 0.15) is 0 Å². The fraction of sp³-hybridized carbons (Fsp3) is 0.379. The second kappa shape index (κ2) is 11.8. The Bertz CT molecular complexity index is 1180. The first-order valence-corrected chi connectivity index (χ1v) is 12.4. The largest absolute Gasteiger partial charge is 0.493 e. The number of amides is 1. The number of carbonyl (C=O) groups is 1. The highest BCUT2D eigenvalue weighted by molar-refractivity contribution is 6.04. The number of benzene rings is 2. The van der Waals surface area contributed by atoms with E-state index in [1.54, 1.807) is 31.3 Å². The second-order valence-electron chi connectivity index (χ2n) is 8.90. The number of allylic oxidation sites excluding steroid dienone is 2. The van der Waals surface area contributed by atoms with Crippen LogP contribution in [-0.4, -0.2) is 50.5 Å². The minimum atomic E-state index is -0.0814. The van der Waals surface area contributed by atoms with Crippen molar-refractivity contribution in [1.29, 1.82) is 0 Å². The SMILES string of the molecule is C/C=C/C1=CN2C(=O)c3cc(OC)c(OCCCCCOc4ccc(C)cc4OC)cc3N=CC2C1. The van der Waals surface area contributed by atoms with Gasteiger partial charge in [-0.05, 0) is 68.9 Å². The third-order valence-electron chi connectivity index (χ3n) is 6.24. The molecule has 0 spiro atoms. The highest BCUT2D eigenvalue weighted by Crippen LogP contribution is 2.38. The van der Waals surface area contributed by atoms with Gasteiger partial charge in [0.2, 0.25) is 0 Å². The van der Waals surface area contributed by atoms with E-state index >= 15 is 0 Å². The summed E-state index contributed by atoms with van der Waals surface area (Å²) in [6, 6.07) is 9.38. The molecular weight excluding hydrogens is 456 g/mol. The van der Waals surface area contributed by atoms with E-state index < -0.39 is 0 Å². The maximum Gasteiger partial charge on any atom is 0.260 e. The summed E-state index contributed by atoms with van der Waals surface area (Å²) in [5, 5.41) is 0. The molecule has 1 unspecified atom stereocenters. The normalized spacial score (nSPS) is 16.4. The standard InChI is InChI=1S/C29H34N2O5/c1-5-9-21-15-22-18-30-24-17-28(27(34-4)16-23(24)29(32)31(22)19-21)36-13-8-6-7-12-35-25-11-10-20(2)14-26(25)33-3/h5,9-11,14,16-19,22H,6-8,12-13,15H2,1-4H3/b9-5+. The second-order valence-corrected chi connectivity index (χ2v) is 8.90. The molecule has 0 fully saturated rings. The van der Waals surface area contributed by atoms with E-state index in [1.807, 2.05) is 56.6 Å². The summed E-state index contributed by atoms with van der Waals surface area (Å²) in [5.41, 5.74) is 3.36. The molecule has 1 atom stereocenters. The molecule has 2 aliphatic heterocycles. The summed E-state index contributed by atoms with van der Waals surface area (Å²) < 4.78 is 22.8. The highest BCUT2D eigenvalue weighted by atomic mass is 16.5. The Hall–Kier alpha value is -3.74. The fourth-order valence-corrected chi connectivity index (χ4v) is 4.37. The Morgan fingerprint density at radius 2 is 1.69 bits per heavy atom. The third-order valence-corrected chi connectivity index (χ3v) is 6.24. The summed E-state index contributed by atoms with van der Waals surface area (Å²) in [5.74, 6) is 2.56. The Kier molecular flexibility index (Phi) is 8.31. The lowest BCUT2D eigenvalue weighted by atomic mass is 10.1. The van der Waals surface area contributed by atoms with Crippen molar-refractivity contribution in [2.24, 2.45) is 4.99 Å². The maximum atomic E-state index is 13.2. The summed E-state index contributed by atoms with van der Waals surface area (Å²) in [6.45, 7) is 5.14. The molecule has 7 nitrogen and oxygen atoms in total. The van der Waals surface area contributed by atoms with Gasteiger partial charge in [0.15, 0.2) is 23.0 Å². The van der Waals surface area contributed by atoms with Crippen LogP contribution in [0.15, 0.2) is 59.2 Å². The van der Waals surface area contributed by atoms with Gasteiger partial charge in [-0.3, -0.25) is 9.79 Å². The van der Waals surface area contributed by atoms with E-state index in [2.05, 4.69) is 4.99 Å². The molecular formula is C29H34N2O5. The van der Waals surface area contributed by atoms with Crippen LogP contribution in [0.25, 0.3) is 0 Å². The molecule has 0 aromatic heterocycles. The minimum Gasteiger partial charge on any atom is -0.493 e. The number of aryl methyl sites for hydroxylation is 1. The monoisotopic (exact) mass is 490 g/mol. The predicted molar refractivity (Wildman–Crippen MR) is 141 cm³/mol. The van der Waals surface area contributed by atoms with Crippen molar-refractivity contribution >= 4 is 17.8 Å². The first-order chi connectivity index (χ1) is 17.5. The van der Waals surface area contributed by atoms with Crippen molar-refractivity contribution in [2.75, 3.05) is 27.4 Å². The van der Waals surface area contributed by atoms with E-state index in [9.17, 15) is 4.79 Å². The van der Waals surface area contributed by atoms with Gasteiger partial charge in [0.05, 0.1) is 44.7 Å². The van der Waals surface area contributed by atoms with Gasteiger partial charge in [-0.2, -0.15) is 0 Å². The van der Waals surface area contributed by atoms with Gasteiger partial charge in [-0.15, -0.1) is 0 Å². The Labute approximate surface area is 213 Å². The van der Waals surface area contributed by atoms with Gasteiger partial charge in [-0.1, -0.05) is 18.2 Å². The van der Waals surface area contributed by atoms with Crippen LogP contribution in [0.1, 0.15) is 48.5 Å². The lowest BCUT2D eigenvalue weighted by Gasteiger charge is -2.19. The van der Waals surface area contributed by atoms with Crippen molar-refractivity contribution in [2.45, 2.75) is 45.6 Å². The van der Waals surface area contributed by atoms with E-state index in [0.717, 1.165) is 48.3 Å². The summed E-state index contributed by atoms with van der Waals surface area (Å²) in [7, 11) is 3.23. The van der Waals surface area contributed by atoms with Crippen LogP contribution in [0, 0.1) is 6.92 Å². The Morgan fingerprint density at radius 1 is 0.972 bits per heavy atom. The number of carbonyl (C=O) groups excluding carboxylic acids is 1. The smallest absolute Gasteiger partial charge is 0.260 e. The van der Waals surface area contributed by atoms with E-state index in [0.29, 0.717) is 36.0 Å². The van der Waals surface area contributed by atoms with Crippen LogP contribution in [0.5, 0.6) is 23.0 Å². The van der Waals surface area contributed by atoms with Crippen LogP contribution >= 0.6 is 0 Å². The molecule has 1 amide bonds. The zero-order valence-electron chi connectivity index (χ0n) is 21.5. The van der Waals surface area contributed by atoms with Crippen LogP contribution in [0.3, 0.4) is 0 Å². The molecule has 2 aliphatic rings. The highest BCUT2D eigenvalue weighted by Gasteiger charge is 2.32. The van der Waals surface area contributed by atoms with Crippen molar-refractivity contribution in [3.8, 4) is 23.0 Å². The maximum absolute atomic E-state index is 13.2. The molecule has 2 aromatic rings. The number of ether oxygens (including phenoxy) is 4. The van der Waals surface area contributed by atoms with Crippen molar-refractivity contribution in [3.63, 3.8) is 0 Å². The van der Waals surface area contributed by atoms with Crippen molar-refractivity contribution in [1.82, 2.24) is 4.90 Å². The van der Waals surface area contributed by atoms with Crippen molar-refractivity contribution in [3.05, 3.63) is 65.4 Å². The number of methoxy groups -OCH3 is 2. The van der Waals surface area contributed by atoms with Crippen LogP contribution < -0.4 is 18.9 Å². The van der Waals surface area contributed by atoms with Gasteiger partial charge in [-0.25, -0.2) is 0 Å². The lowest BCUT2D eigenvalue weighted by molar-refractivity contribution is 0.0817. The van der Waals surface area contributed by atoms with Gasteiger partial charge in [0.25, 0.3) is 5.91 Å². The molecule has 2 heterocycles. The molecule has 7 heteroatoms. The number of hydrogen-bond donors (Lipinski definition) is 0. The zero-order valence-corrected chi connectivity index (χ0v) is 21.5. The van der Waals surface area contributed by atoms with Gasteiger partial charge < -0.3 is 23.8 Å². The molecule has 4 rings (SSSR count). The quantitative estimate of drug-likeness (QED) is 0.360.